The number of piperazine rings is 1. The highest BCUT2D eigenvalue weighted by atomic mass is 16.2. The Morgan fingerprint density at radius 1 is 0.950 bits per heavy atom. The monoisotopic (exact) mass is 534 g/mol. The lowest BCUT2D eigenvalue weighted by molar-refractivity contribution is 0.0749. The van der Waals surface area contributed by atoms with Crippen LogP contribution < -0.4 is 4.90 Å². The number of pyridine rings is 1. The molecule has 0 aliphatic carbocycles. The zero-order valence-electron chi connectivity index (χ0n) is 23.4. The number of anilines is 1. The molecular weight excluding hydrogens is 500 g/mol. The smallest absolute Gasteiger partial charge is 0.256 e. The van der Waals surface area contributed by atoms with Crippen molar-refractivity contribution in [1.29, 1.82) is 0 Å². The van der Waals surface area contributed by atoms with Crippen molar-refractivity contribution in [3.8, 4) is 22.6 Å². The van der Waals surface area contributed by atoms with Crippen LogP contribution >= 0.6 is 0 Å². The molecule has 40 heavy (non-hydrogen) atoms. The van der Waals surface area contributed by atoms with E-state index in [9.17, 15) is 4.79 Å². The number of rotatable bonds is 6. The maximum atomic E-state index is 14.1. The van der Waals surface area contributed by atoms with Crippen LogP contribution in [0.3, 0.4) is 0 Å². The summed E-state index contributed by atoms with van der Waals surface area (Å²) in [5.41, 5.74) is 5.83. The van der Waals surface area contributed by atoms with Gasteiger partial charge in [0.1, 0.15) is 5.82 Å². The third-order valence-electron chi connectivity index (χ3n) is 7.49. The van der Waals surface area contributed by atoms with E-state index in [2.05, 4.69) is 81.0 Å². The van der Waals surface area contributed by atoms with Crippen molar-refractivity contribution in [2.24, 2.45) is 13.0 Å². The van der Waals surface area contributed by atoms with Crippen LogP contribution in [0, 0.1) is 12.8 Å². The van der Waals surface area contributed by atoms with Gasteiger partial charge >= 0.3 is 0 Å². The molecule has 0 spiro atoms. The van der Waals surface area contributed by atoms with Crippen molar-refractivity contribution in [1.82, 2.24) is 34.7 Å². The Morgan fingerprint density at radius 2 is 1.73 bits per heavy atom. The predicted molar refractivity (Wildman–Crippen MR) is 157 cm³/mol. The second-order valence-corrected chi connectivity index (χ2v) is 10.9. The summed E-state index contributed by atoms with van der Waals surface area (Å²) < 4.78 is 2.15. The first kappa shape index (κ1) is 25.7. The van der Waals surface area contributed by atoms with Gasteiger partial charge in [0.2, 0.25) is 5.82 Å². The first-order chi connectivity index (χ1) is 19.4. The fourth-order valence-corrected chi connectivity index (χ4v) is 5.47. The molecule has 1 aliphatic rings. The molecule has 1 saturated heterocycles. The van der Waals surface area contributed by atoms with Gasteiger partial charge in [-0.25, -0.2) is 4.98 Å². The summed E-state index contributed by atoms with van der Waals surface area (Å²) in [6.07, 6.45) is 1.80. The molecule has 1 amide bonds. The quantitative estimate of drug-likeness (QED) is 0.311. The summed E-state index contributed by atoms with van der Waals surface area (Å²) in [6, 6.07) is 20.5. The number of carbonyl (C=O) groups is 1. The number of aromatic nitrogens is 6. The van der Waals surface area contributed by atoms with Crippen LogP contribution in [0.25, 0.3) is 33.5 Å². The third-order valence-corrected chi connectivity index (χ3v) is 7.49. The Morgan fingerprint density at radius 3 is 2.42 bits per heavy atom. The summed E-state index contributed by atoms with van der Waals surface area (Å²) in [6.45, 7) is 9.73. The normalized spacial score (nSPS) is 13.9. The molecule has 2 aromatic carbocycles. The van der Waals surface area contributed by atoms with Gasteiger partial charge in [0.25, 0.3) is 5.91 Å². The molecule has 1 aliphatic heterocycles. The number of fused-ring (bicyclic) bond motifs is 1. The maximum absolute atomic E-state index is 14.1. The van der Waals surface area contributed by atoms with Crippen LogP contribution in [-0.2, 0) is 13.6 Å². The Balaban J connectivity index is 1.20. The zero-order chi connectivity index (χ0) is 27.8. The number of hydrogen-bond acceptors (Lipinski definition) is 6. The second-order valence-electron chi connectivity index (χ2n) is 10.9. The van der Waals surface area contributed by atoms with E-state index in [1.165, 1.54) is 0 Å². The van der Waals surface area contributed by atoms with Gasteiger partial charge < -0.3 is 14.4 Å². The number of amides is 1. The van der Waals surface area contributed by atoms with Gasteiger partial charge in [-0.05, 0) is 47.9 Å². The van der Waals surface area contributed by atoms with E-state index in [0.29, 0.717) is 37.9 Å². The Kier molecular flexibility index (Phi) is 6.79. The van der Waals surface area contributed by atoms with Crippen molar-refractivity contribution in [2.75, 3.05) is 31.1 Å². The van der Waals surface area contributed by atoms with Crippen molar-refractivity contribution in [2.45, 2.75) is 27.3 Å². The van der Waals surface area contributed by atoms with Crippen LogP contribution in [0.15, 0.2) is 66.9 Å². The van der Waals surface area contributed by atoms with Crippen molar-refractivity contribution in [3.63, 3.8) is 0 Å². The van der Waals surface area contributed by atoms with Gasteiger partial charge in [-0.15, -0.1) is 10.2 Å². The molecule has 204 valence electrons. The number of aryl methyl sites for hydroxylation is 2. The molecule has 5 aromatic rings. The summed E-state index contributed by atoms with van der Waals surface area (Å²) in [5.74, 6) is 1.99. The standard InChI is InChI=1S/C31H34N8O/c1-21(2)20-39-34-30(33-35-39)24-11-13-27(32-19-24)37-14-16-38(17-15-37)31(40)28-25-18-22(3)10-12-26(25)36(4)29(28)23-8-6-5-7-9-23/h5-13,18-19,21H,14-17,20H2,1-4H3. The molecule has 9 heteroatoms. The number of tetrazole rings is 1. The lowest BCUT2D eigenvalue weighted by atomic mass is 10.0. The van der Waals surface area contributed by atoms with E-state index >= 15 is 0 Å². The van der Waals surface area contributed by atoms with E-state index in [4.69, 9.17) is 0 Å². The molecule has 0 saturated carbocycles. The van der Waals surface area contributed by atoms with Crippen LogP contribution in [0.5, 0.6) is 0 Å². The molecule has 0 atom stereocenters. The van der Waals surface area contributed by atoms with Gasteiger partial charge in [0.15, 0.2) is 0 Å². The predicted octanol–water partition coefficient (Wildman–Crippen LogP) is 4.82. The largest absolute Gasteiger partial charge is 0.353 e. The lowest BCUT2D eigenvalue weighted by Gasteiger charge is -2.35. The summed E-state index contributed by atoms with van der Waals surface area (Å²) in [5, 5.41) is 13.8. The van der Waals surface area contributed by atoms with Gasteiger partial charge in [0, 0.05) is 55.9 Å². The summed E-state index contributed by atoms with van der Waals surface area (Å²) in [4.78, 5) is 24.6. The van der Waals surface area contributed by atoms with E-state index in [-0.39, 0.29) is 5.91 Å². The number of carbonyl (C=O) groups excluding carboxylic acids is 1. The number of hydrogen-bond donors (Lipinski definition) is 0. The molecule has 9 nitrogen and oxygen atoms in total. The molecule has 0 N–H and O–H groups in total. The molecular formula is C31H34N8O. The van der Waals surface area contributed by atoms with Crippen LogP contribution in [0.4, 0.5) is 5.82 Å². The van der Waals surface area contributed by atoms with Gasteiger partial charge in [-0.2, -0.15) is 4.80 Å². The average Bonchev–Trinajstić information content (AvgIpc) is 3.54. The molecule has 0 bridgehead atoms. The highest BCUT2D eigenvalue weighted by Crippen LogP contribution is 2.35. The van der Waals surface area contributed by atoms with Gasteiger partial charge in [-0.1, -0.05) is 55.8 Å². The van der Waals surface area contributed by atoms with E-state index in [1.54, 1.807) is 11.0 Å². The second kappa shape index (κ2) is 10.6. The van der Waals surface area contributed by atoms with Crippen LogP contribution in [0.1, 0.15) is 29.8 Å². The Labute approximate surface area is 234 Å². The fraction of sp³-hybridized carbons (Fsp3) is 0.323. The van der Waals surface area contributed by atoms with Gasteiger partial charge in [-0.3, -0.25) is 4.79 Å². The van der Waals surface area contributed by atoms with E-state index in [1.807, 2.05) is 42.3 Å². The van der Waals surface area contributed by atoms with Crippen molar-refractivity contribution < 1.29 is 4.79 Å². The highest BCUT2D eigenvalue weighted by Gasteiger charge is 2.29. The Hall–Kier alpha value is -4.53. The highest BCUT2D eigenvalue weighted by molar-refractivity contribution is 6.13. The molecule has 4 heterocycles. The zero-order valence-corrected chi connectivity index (χ0v) is 23.4. The Bertz CT molecular complexity index is 1640. The molecule has 0 radical (unpaired) electrons. The van der Waals surface area contributed by atoms with Crippen molar-refractivity contribution >= 4 is 22.6 Å². The lowest BCUT2D eigenvalue weighted by Crippen LogP contribution is -2.49. The maximum Gasteiger partial charge on any atom is 0.256 e. The SMILES string of the molecule is Cc1ccc2c(c1)c(C(=O)N1CCN(c3ccc(-c4nnn(CC(C)C)n4)cn3)CC1)c(-c1ccccc1)n2C. The molecule has 3 aromatic heterocycles. The first-order valence-corrected chi connectivity index (χ1v) is 13.8. The summed E-state index contributed by atoms with van der Waals surface area (Å²) in [7, 11) is 2.05. The molecule has 1 fully saturated rings. The van der Waals surface area contributed by atoms with Crippen LogP contribution in [-0.4, -0.2) is 66.7 Å². The first-order valence-electron chi connectivity index (χ1n) is 13.8. The minimum atomic E-state index is 0.0774. The minimum Gasteiger partial charge on any atom is -0.353 e. The van der Waals surface area contributed by atoms with E-state index in [0.717, 1.165) is 51.2 Å². The van der Waals surface area contributed by atoms with Crippen LogP contribution in [0.2, 0.25) is 0 Å². The molecule has 0 unspecified atom stereocenters. The summed E-state index contributed by atoms with van der Waals surface area (Å²) >= 11 is 0. The fourth-order valence-electron chi connectivity index (χ4n) is 5.47. The van der Waals surface area contributed by atoms with Crippen molar-refractivity contribution in [3.05, 3.63) is 78.0 Å². The number of nitrogens with zero attached hydrogens (tertiary/aromatic N) is 8. The minimum absolute atomic E-state index is 0.0774. The topological polar surface area (TPSA) is 85.0 Å². The molecule has 6 rings (SSSR count). The third kappa shape index (κ3) is 4.83. The van der Waals surface area contributed by atoms with E-state index < -0.39 is 0 Å². The average molecular weight is 535 g/mol. The van der Waals surface area contributed by atoms with Gasteiger partial charge in [0.05, 0.1) is 17.8 Å². The number of benzene rings is 2.